The Morgan fingerprint density at radius 3 is 2.86 bits per heavy atom. The summed E-state index contributed by atoms with van der Waals surface area (Å²) in [5, 5.41) is 3.78. The molecule has 116 valence electrons. The molecule has 1 unspecified atom stereocenters. The van der Waals surface area contributed by atoms with Crippen LogP contribution >= 0.6 is 0 Å². The van der Waals surface area contributed by atoms with Crippen molar-refractivity contribution in [3.63, 3.8) is 0 Å². The second kappa shape index (κ2) is 6.80. The van der Waals surface area contributed by atoms with E-state index in [4.69, 9.17) is 4.74 Å². The van der Waals surface area contributed by atoms with Gasteiger partial charge in [0.05, 0.1) is 7.11 Å². The molecule has 0 heterocycles. The van der Waals surface area contributed by atoms with Crippen molar-refractivity contribution in [2.24, 2.45) is 0 Å². The van der Waals surface area contributed by atoms with E-state index in [2.05, 4.69) is 35.3 Å². The minimum absolute atomic E-state index is 0.502. The fourth-order valence-electron chi connectivity index (χ4n) is 3.54. The van der Waals surface area contributed by atoms with Crippen LogP contribution in [-0.2, 0) is 6.42 Å². The van der Waals surface area contributed by atoms with E-state index in [0.717, 1.165) is 18.3 Å². The first-order chi connectivity index (χ1) is 10.3. The molecule has 0 spiro atoms. The number of hydrogen-bond donors (Lipinski definition) is 1. The van der Waals surface area contributed by atoms with Crippen molar-refractivity contribution in [3.05, 3.63) is 29.3 Å². The molecule has 0 aliphatic heterocycles. The molecule has 1 aromatic carbocycles. The van der Waals surface area contributed by atoms with Crippen molar-refractivity contribution >= 4 is 0 Å². The third-order valence-corrected chi connectivity index (χ3v) is 4.93. The van der Waals surface area contributed by atoms with E-state index >= 15 is 0 Å². The zero-order valence-corrected chi connectivity index (χ0v) is 13.4. The average molecular weight is 288 g/mol. The standard InChI is InChI=1S/C18H28N2O/c1-3-20(15-8-9-15)12-11-19-18-6-4-5-14-7-10-16(21-2)13-17(14)18/h7,10,13,15,18-19H,3-6,8-9,11-12H2,1-2H3. The largest absolute Gasteiger partial charge is 0.497 e. The summed E-state index contributed by atoms with van der Waals surface area (Å²) in [5.74, 6) is 0.982. The van der Waals surface area contributed by atoms with Gasteiger partial charge in [-0.05, 0) is 61.9 Å². The third kappa shape index (κ3) is 3.58. The maximum atomic E-state index is 5.39. The van der Waals surface area contributed by atoms with Crippen LogP contribution < -0.4 is 10.1 Å². The SMILES string of the molecule is CCN(CCNC1CCCc2ccc(OC)cc21)C1CC1. The lowest BCUT2D eigenvalue weighted by Gasteiger charge is -2.28. The number of methoxy groups -OCH3 is 1. The van der Waals surface area contributed by atoms with Gasteiger partial charge < -0.3 is 10.1 Å². The van der Waals surface area contributed by atoms with Gasteiger partial charge in [-0.15, -0.1) is 0 Å². The third-order valence-electron chi connectivity index (χ3n) is 4.93. The van der Waals surface area contributed by atoms with Gasteiger partial charge >= 0.3 is 0 Å². The maximum absolute atomic E-state index is 5.39. The van der Waals surface area contributed by atoms with Gasteiger partial charge in [0.1, 0.15) is 5.75 Å². The summed E-state index contributed by atoms with van der Waals surface area (Å²) in [7, 11) is 1.75. The van der Waals surface area contributed by atoms with Crippen LogP contribution in [0.4, 0.5) is 0 Å². The summed E-state index contributed by atoms with van der Waals surface area (Å²) >= 11 is 0. The Bertz CT molecular complexity index is 470. The monoisotopic (exact) mass is 288 g/mol. The molecule has 1 N–H and O–H groups in total. The number of ether oxygens (including phenoxy) is 1. The number of nitrogens with one attached hydrogen (secondary N) is 1. The topological polar surface area (TPSA) is 24.5 Å². The highest BCUT2D eigenvalue weighted by Gasteiger charge is 2.27. The molecule has 21 heavy (non-hydrogen) atoms. The summed E-state index contributed by atoms with van der Waals surface area (Å²) in [6.07, 6.45) is 6.54. The number of fused-ring (bicyclic) bond motifs is 1. The number of hydrogen-bond acceptors (Lipinski definition) is 3. The maximum Gasteiger partial charge on any atom is 0.119 e. The molecule has 2 aliphatic carbocycles. The summed E-state index contributed by atoms with van der Waals surface area (Å²) in [5.41, 5.74) is 2.95. The number of benzene rings is 1. The number of rotatable bonds is 7. The minimum Gasteiger partial charge on any atom is -0.497 e. The van der Waals surface area contributed by atoms with Crippen LogP contribution in [0, 0.1) is 0 Å². The smallest absolute Gasteiger partial charge is 0.119 e. The summed E-state index contributed by atoms with van der Waals surface area (Å²) in [4.78, 5) is 2.61. The molecule has 1 saturated carbocycles. The van der Waals surface area contributed by atoms with E-state index in [1.807, 2.05) is 0 Å². The lowest BCUT2D eigenvalue weighted by atomic mass is 9.87. The Hall–Kier alpha value is -1.06. The van der Waals surface area contributed by atoms with Crippen molar-refractivity contribution in [2.75, 3.05) is 26.7 Å². The van der Waals surface area contributed by atoms with E-state index in [-0.39, 0.29) is 0 Å². The Kier molecular flexibility index (Phi) is 4.81. The Labute approximate surface area is 128 Å². The highest BCUT2D eigenvalue weighted by Crippen LogP contribution is 2.32. The molecule has 2 aliphatic rings. The molecular formula is C18H28N2O. The number of nitrogens with zero attached hydrogens (tertiary/aromatic N) is 1. The molecule has 0 aromatic heterocycles. The lowest BCUT2D eigenvalue weighted by molar-refractivity contribution is 0.269. The van der Waals surface area contributed by atoms with Crippen molar-refractivity contribution in [2.45, 2.75) is 51.1 Å². The molecule has 0 bridgehead atoms. The minimum atomic E-state index is 0.502. The quantitative estimate of drug-likeness (QED) is 0.834. The van der Waals surface area contributed by atoms with E-state index in [9.17, 15) is 0 Å². The van der Waals surface area contributed by atoms with Gasteiger partial charge in [-0.2, -0.15) is 0 Å². The van der Waals surface area contributed by atoms with Crippen molar-refractivity contribution in [1.82, 2.24) is 10.2 Å². The zero-order valence-electron chi connectivity index (χ0n) is 13.4. The first-order valence-electron chi connectivity index (χ1n) is 8.46. The van der Waals surface area contributed by atoms with Crippen LogP contribution in [0.3, 0.4) is 0 Å². The fraction of sp³-hybridized carbons (Fsp3) is 0.667. The lowest BCUT2D eigenvalue weighted by Crippen LogP contribution is -2.36. The first-order valence-corrected chi connectivity index (χ1v) is 8.46. The second-order valence-corrected chi connectivity index (χ2v) is 6.32. The van der Waals surface area contributed by atoms with E-state index in [0.29, 0.717) is 6.04 Å². The molecule has 0 saturated heterocycles. The highest BCUT2D eigenvalue weighted by molar-refractivity contribution is 5.39. The van der Waals surface area contributed by atoms with E-state index in [1.165, 1.54) is 56.3 Å². The average Bonchev–Trinajstić information content (AvgIpc) is 3.36. The molecule has 3 nitrogen and oxygen atoms in total. The van der Waals surface area contributed by atoms with E-state index in [1.54, 1.807) is 7.11 Å². The van der Waals surface area contributed by atoms with Crippen LogP contribution in [0.1, 0.15) is 49.8 Å². The van der Waals surface area contributed by atoms with E-state index < -0.39 is 0 Å². The Morgan fingerprint density at radius 1 is 1.29 bits per heavy atom. The van der Waals surface area contributed by atoms with Gasteiger partial charge in [-0.3, -0.25) is 4.90 Å². The molecule has 1 fully saturated rings. The van der Waals surface area contributed by atoms with Crippen LogP contribution in [0.2, 0.25) is 0 Å². The van der Waals surface area contributed by atoms with Crippen molar-refractivity contribution in [3.8, 4) is 5.75 Å². The van der Waals surface area contributed by atoms with Crippen molar-refractivity contribution < 1.29 is 4.74 Å². The summed E-state index contributed by atoms with van der Waals surface area (Å²) < 4.78 is 5.39. The van der Waals surface area contributed by atoms with Gasteiger partial charge in [-0.25, -0.2) is 0 Å². The van der Waals surface area contributed by atoms with Crippen molar-refractivity contribution in [1.29, 1.82) is 0 Å². The Morgan fingerprint density at radius 2 is 2.14 bits per heavy atom. The molecule has 0 radical (unpaired) electrons. The molecule has 3 heteroatoms. The van der Waals surface area contributed by atoms with Crippen LogP contribution in [0.5, 0.6) is 5.75 Å². The summed E-state index contributed by atoms with van der Waals surface area (Å²) in [6, 6.07) is 7.93. The Balaban J connectivity index is 1.59. The van der Waals surface area contributed by atoms with Gasteiger partial charge in [-0.1, -0.05) is 13.0 Å². The van der Waals surface area contributed by atoms with Crippen LogP contribution in [0.25, 0.3) is 0 Å². The summed E-state index contributed by atoms with van der Waals surface area (Å²) in [6.45, 7) is 5.73. The van der Waals surface area contributed by atoms with Gasteiger partial charge in [0.25, 0.3) is 0 Å². The van der Waals surface area contributed by atoms with Gasteiger partial charge in [0, 0.05) is 25.2 Å². The normalized spacial score (nSPS) is 21.4. The van der Waals surface area contributed by atoms with Gasteiger partial charge in [0.2, 0.25) is 0 Å². The van der Waals surface area contributed by atoms with Crippen LogP contribution in [0.15, 0.2) is 18.2 Å². The highest BCUT2D eigenvalue weighted by atomic mass is 16.5. The van der Waals surface area contributed by atoms with Crippen LogP contribution in [-0.4, -0.2) is 37.7 Å². The molecule has 1 aromatic rings. The molecular weight excluding hydrogens is 260 g/mol. The molecule has 0 amide bonds. The zero-order chi connectivity index (χ0) is 14.7. The predicted octanol–water partition coefficient (Wildman–Crippen LogP) is 3.15. The number of likely N-dealkylation sites (N-methyl/N-ethyl adjacent to an activating group) is 1. The second-order valence-electron chi connectivity index (χ2n) is 6.32. The predicted molar refractivity (Wildman–Crippen MR) is 86.9 cm³/mol. The molecule has 3 rings (SSSR count). The van der Waals surface area contributed by atoms with Gasteiger partial charge in [0.15, 0.2) is 0 Å². The number of aryl methyl sites for hydroxylation is 1. The molecule has 1 atom stereocenters. The fourth-order valence-corrected chi connectivity index (χ4v) is 3.54. The first kappa shape index (κ1) is 14.9.